The van der Waals surface area contributed by atoms with Crippen LogP contribution in [0.3, 0.4) is 0 Å². The molecule has 0 unspecified atom stereocenters. The van der Waals surface area contributed by atoms with E-state index in [-0.39, 0.29) is 0 Å². The van der Waals surface area contributed by atoms with Crippen molar-refractivity contribution >= 4 is 11.5 Å². The Hall–Kier alpha value is -2.30. The minimum atomic E-state index is 0.635. The largest absolute Gasteiger partial charge is 0.481 e. The van der Waals surface area contributed by atoms with Crippen LogP contribution < -0.4 is 15.0 Å². The van der Waals surface area contributed by atoms with Gasteiger partial charge in [-0.25, -0.2) is 9.97 Å². The van der Waals surface area contributed by atoms with Crippen molar-refractivity contribution in [2.24, 2.45) is 0 Å². The first kappa shape index (κ1) is 13.7. The summed E-state index contributed by atoms with van der Waals surface area (Å²) in [4.78, 5) is 11.1. The van der Waals surface area contributed by atoms with Crippen LogP contribution in [0.2, 0.25) is 0 Å². The van der Waals surface area contributed by atoms with E-state index in [0.29, 0.717) is 5.88 Å². The zero-order chi connectivity index (χ0) is 14.5. The monoisotopic (exact) mass is 284 g/mol. The van der Waals surface area contributed by atoms with Crippen LogP contribution in [0.1, 0.15) is 18.4 Å². The maximum Gasteiger partial charge on any atom is 0.212 e. The molecule has 0 amide bonds. The van der Waals surface area contributed by atoms with E-state index in [1.54, 1.807) is 7.11 Å². The Kier molecular flexibility index (Phi) is 4.19. The lowest BCUT2D eigenvalue weighted by Gasteiger charge is -2.16. The van der Waals surface area contributed by atoms with Crippen LogP contribution in [0.4, 0.5) is 11.5 Å². The molecule has 0 radical (unpaired) electrons. The highest BCUT2D eigenvalue weighted by Crippen LogP contribution is 2.19. The van der Waals surface area contributed by atoms with Crippen LogP contribution in [-0.4, -0.2) is 30.2 Å². The molecule has 5 heteroatoms. The zero-order valence-corrected chi connectivity index (χ0v) is 12.2. The highest BCUT2D eigenvalue weighted by molar-refractivity contribution is 5.49. The number of nitrogens with one attached hydrogen (secondary N) is 1. The molecule has 3 heterocycles. The van der Waals surface area contributed by atoms with E-state index in [1.165, 1.54) is 12.8 Å². The smallest absolute Gasteiger partial charge is 0.212 e. The van der Waals surface area contributed by atoms with Gasteiger partial charge in [0.25, 0.3) is 0 Å². The highest BCUT2D eigenvalue weighted by Gasteiger charge is 2.12. The number of nitrogens with zero attached hydrogens (tertiary/aromatic N) is 3. The van der Waals surface area contributed by atoms with E-state index in [9.17, 15) is 0 Å². The molecule has 110 valence electrons. The fourth-order valence-electron chi connectivity index (χ4n) is 2.46. The number of anilines is 2. The van der Waals surface area contributed by atoms with Crippen molar-refractivity contribution in [1.29, 1.82) is 0 Å². The van der Waals surface area contributed by atoms with Crippen LogP contribution >= 0.6 is 0 Å². The molecule has 1 N–H and O–H groups in total. The van der Waals surface area contributed by atoms with Crippen molar-refractivity contribution in [3.05, 3.63) is 42.2 Å². The third-order valence-corrected chi connectivity index (χ3v) is 3.68. The molecule has 2 aromatic rings. The van der Waals surface area contributed by atoms with Gasteiger partial charge in [-0.05, 0) is 30.5 Å². The van der Waals surface area contributed by atoms with Crippen LogP contribution in [0.5, 0.6) is 5.88 Å². The van der Waals surface area contributed by atoms with Gasteiger partial charge in [0.2, 0.25) is 5.88 Å². The summed E-state index contributed by atoms with van der Waals surface area (Å²) in [6.07, 6.45) is 6.25. The van der Waals surface area contributed by atoms with Gasteiger partial charge in [0.1, 0.15) is 5.82 Å². The first-order valence-electron chi connectivity index (χ1n) is 7.29. The second-order valence-corrected chi connectivity index (χ2v) is 5.16. The molecule has 0 bridgehead atoms. The van der Waals surface area contributed by atoms with Gasteiger partial charge in [-0.15, -0.1) is 0 Å². The molecule has 2 aromatic heterocycles. The minimum absolute atomic E-state index is 0.635. The molecule has 1 saturated heterocycles. The molecule has 0 aromatic carbocycles. The molecular weight excluding hydrogens is 264 g/mol. The normalized spacial score (nSPS) is 14.2. The SMILES string of the molecule is COc1ccc(CNc2ccc(N3CCCC3)nc2)cn1. The summed E-state index contributed by atoms with van der Waals surface area (Å²) in [6, 6.07) is 8.04. The standard InChI is InChI=1S/C16H20N4O/c1-21-16-7-4-13(11-19-16)10-17-14-5-6-15(18-12-14)20-8-2-3-9-20/h4-7,11-12,17H,2-3,8-10H2,1H3. The number of hydrogen-bond donors (Lipinski definition) is 1. The van der Waals surface area contributed by atoms with E-state index in [4.69, 9.17) is 4.74 Å². The Morgan fingerprint density at radius 2 is 1.95 bits per heavy atom. The Balaban J connectivity index is 1.57. The van der Waals surface area contributed by atoms with Crippen LogP contribution in [0.15, 0.2) is 36.7 Å². The molecule has 0 atom stereocenters. The van der Waals surface area contributed by atoms with E-state index < -0.39 is 0 Å². The maximum absolute atomic E-state index is 5.05. The summed E-state index contributed by atoms with van der Waals surface area (Å²) in [5, 5.41) is 3.35. The van der Waals surface area contributed by atoms with Gasteiger partial charge in [-0.3, -0.25) is 0 Å². The van der Waals surface area contributed by atoms with Crippen LogP contribution in [-0.2, 0) is 6.54 Å². The predicted molar refractivity (Wildman–Crippen MR) is 83.8 cm³/mol. The summed E-state index contributed by atoms with van der Waals surface area (Å²) < 4.78 is 5.05. The summed E-state index contributed by atoms with van der Waals surface area (Å²) >= 11 is 0. The molecule has 5 nitrogen and oxygen atoms in total. The van der Waals surface area contributed by atoms with Gasteiger partial charge < -0.3 is 15.0 Å². The zero-order valence-electron chi connectivity index (χ0n) is 12.2. The van der Waals surface area contributed by atoms with Crippen molar-refractivity contribution in [2.45, 2.75) is 19.4 Å². The first-order chi connectivity index (χ1) is 10.3. The Morgan fingerprint density at radius 1 is 1.10 bits per heavy atom. The number of methoxy groups -OCH3 is 1. The van der Waals surface area contributed by atoms with Crippen molar-refractivity contribution in [2.75, 3.05) is 30.4 Å². The number of ether oxygens (including phenoxy) is 1. The summed E-state index contributed by atoms with van der Waals surface area (Å²) in [5.41, 5.74) is 2.13. The lowest BCUT2D eigenvalue weighted by molar-refractivity contribution is 0.397. The third-order valence-electron chi connectivity index (χ3n) is 3.68. The average molecular weight is 284 g/mol. The maximum atomic E-state index is 5.05. The van der Waals surface area contributed by atoms with Gasteiger partial charge in [-0.2, -0.15) is 0 Å². The topological polar surface area (TPSA) is 50.3 Å². The number of aromatic nitrogens is 2. The second kappa shape index (κ2) is 6.43. The Morgan fingerprint density at radius 3 is 2.57 bits per heavy atom. The molecule has 3 rings (SSSR count). The van der Waals surface area contributed by atoms with E-state index in [1.807, 2.05) is 24.5 Å². The molecule has 1 aliphatic heterocycles. The number of hydrogen-bond acceptors (Lipinski definition) is 5. The fourth-order valence-corrected chi connectivity index (χ4v) is 2.46. The quantitative estimate of drug-likeness (QED) is 0.915. The first-order valence-corrected chi connectivity index (χ1v) is 7.29. The summed E-state index contributed by atoms with van der Waals surface area (Å²) in [7, 11) is 1.62. The molecule has 1 fully saturated rings. The van der Waals surface area contributed by atoms with Gasteiger partial charge in [-0.1, -0.05) is 6.07 Å². The lowest BCUT2D eigenvalue weighted by Crippen LogP contribution is -2.18. The highest BCUT2D eigenvalue weighted by atomic mass is 16.5. The van der Waals surface area contributed by atoms with Crippen molar-refractivity contribution in [3.63, 3.8) is 0 Å². The van der Waals surface area contributed by atoms with Gasteiger partial charge in [0.05, 0.1) is 19.0 Å². The Bertz CT molecular complexity index is 562. The van der Waals surface area contributed by atoms with Crippen molar-refractivity contribution in [3.8, 4) is 5.88 Å². The fraction of sp³-hybridized carbons (Fsp3) is 0.375. The average Bonchev–Trinajstić information content (AvgIpc) is 3.08. The lowest BCUT2D eigenvalue weighted by atomic mass is 10.3. The molecule has 0 spiro atoms. The van der Waals surface area contributed by atoms with E-state index in [0.717, 1.165) is 36.7 Å². The predicted octanol–water partition coefficient (Wildman–Crippen LogP) is 2.70. The van der Waals surface area contributed by atoms with Crippen LogP contribution in [0, 0.1) is 0 Å². The number of pyridine rings is 2. The van der Waals surface area contributed by atoms with Gasteiger partial charge >= 0.3 is 0 Å². The third kappa shape index (κ3) is 3.42. The molecule has 1 aliphatic rings. The van der Waals surface area contributed by atoms with Crippen LogP contribution in [0.25, 0.3) is 0 Å². The minimum Gasteiger partial charge on any atom is -0.481 e. The summed E-state index contributed by atoms with van der Waals surface area (Å²) in [5.74, 6) is 1.71. The van der Waals surface area contributed by atoms with Gasteiger partial charge in [0.15, 0.2) is 0 Å². The Labute approximate surface area is 125 Å². The van der Waals surface area contributed by atoms with Crippen molar-refractivity contribution in [1.82, 2.24) is 9.97 Å². The van der Waals surface area contributed by atoms with E-state index in [2.05, 4.69) is 32.3 Å². The summed E-state index contributed by atoms with van der Waals surface area (Å²) in [6.45, 7) is 2.97. The number of rotatable bonds is 5. The molecular formula is C16H20N4O. The molecule has 0 aliphatic carbocycles. The second-order valence-electron chi connectivity index (χ2n) is 5.16. The molecule has 21 heavy (non-hydrogen) atoms. The van der Waals surface area contributed by atoms with E-state index >= 15 is 0 Å². The van der Waals surface area contributed by atoms with Crippen molar-refractivity contribution < 1.29 is 4.74 Å². The molecule has 0 saturated carbocycles. The van der Waals surface area contributed by atoms with Gasteiger partial charge in [0, 0.05) is 31.9 Å².